The van der Waals surface area contributed by atoms with Crippen molar-refractivity contribution < 1.29 is 4.79 Å². The zero-order valence-electron chi connectivity index (χ0n) is 23.6. The first-order valence-electron chi connectivity index (χ1n) is 14.7. The van der Waals surface area contributed by atoms with Crippen LogP contribution >= 0.6 is 0 Å². The maximum atomic E-state index is 12.5. The van der Waals surface area contributed by atoms with Crippen LogP contribution in [-0.2, 0) is 11.8 Å². The van der Waals surface area contributed by atoms with Gasteiger partial charge in [0, 0.05) is 55.3 Å². The monoisotopic (exact) mass is 528 g/mol. The Morgan fingerprint density at radius 1 is 1.18 bits per heavy atom. The second-order valence-electron chi connectivity index (χ2n) is 12.2. The van der Waals surface area contributed by atoms with Crippen molar-refractivity contribution in [2.24, 2.45) is 23.7 Å². The number of amides is 1. The highest BCUT2D eigenvalue weighted by atomic mass is 16.1. The number of aryl methyl sites for hydroxylation is 1. The SMILES string of the molecule is C=C(NC)C1CCC2[C@@H](CCc3cc(C(=O)NC)ccc3C2(C=N)CCNCC(=C)N2C(C#N)CC3C[C@@H]32)C1. The van der Waals surface area contributed by atoms with Crippen LogP contribution in [0.25, 0.3) is 0 Å². The molecule has 0 aromatic heterocycles. The van der Waals surface area contributed by atoms with Gasteiger partial charge in [-0.05, 0) is 105 Å². The van der Waals surface area contributed by atoms with Gasteiger partial charge in [0.05, 0.1) is 6.07 Å². The number of likely N-dealkylation sites (tertiary alicyclic amines) is 1. The van der Waals surface area contributed by atoms with Crippen molar-refractivity contribution >= 4 is 12.1 Å². The van der Waals surface area contributed by atoms with Gasteiger partial charge in [-0.25, -0.2) is 0 Å². The van der Waals surface area contributed by atoms with Crippen molar-refractivity contribution in [3.63, 3.8) is 0 Å². The minimum absolute atomic E-state index is 0.0393. The Balaban J connectivity index is 1.37. The minimum Gasteiger partial charge on any atom is -0.392 e. The molecule has 0 radical (unpaired) electrons. The number of hydrogen-bond donors (Lipinski definition) is 4. The molecule has 0 spiro atoms. The van der Waals surface area contributed by atoms with Crippen molar-refractivity contribution in [3.8, 4) is 6.07 Å². The summed E-state index contributed by atoms with van der Waals surface area (Å²) in [5.41, 5.74) is 4.85. The number of nitrogens with zero attached hydrogens (tertiary/aromatic N) is 2. The highest BCUT2D eigenvalue weighted by molar-refractivity contribution is 5.94. The van der Waals surface area contributed by atoms with E-state index < -0.39 is 0 Å². The summed E-state index contributed by atoms with van der Waals surface area (Å²) in [4.78, 5) is 14.7. The first-order valence-corrected chi connectivity index (χ1v) is 14.7. The fourth-order valence-corrected chi connectivity index (χ4v) is 8.09. The third-order valence-corrected chi connectivity index (χ3v) is 10.3. The molecule has 1 aromatic rings. The Kier molecular flexibility index (Phi) is 7.87. The summed E-state index contributed by atoms with van der Waals surface area (Å²) in [6, 6.07) is 9.04. The number of nitriles is 1. The topological polar surface area (TPSA) is 104 Å². The molecule has 5 unspecified atom stereocenters. The van der Waals surface area contributed by atoms with E-state index in [2.05, 4.69) is 52.2 Å². The lowest BCUT2D eigenvalue weighted by atomic mass is 9.58. The van der Waals surface area contributed by atoms with Crippen LogP contribution in [0.5, 0.6) is 0 Å². The quantitative estimate of drug-likeness (QED) is 0.270. The van der Waals surface area contributed by atoms with Crippen molar-refractivity contribution in [1.82, 2.24) is 20.9 Å². The molecule has 7 nitrogen and oxygen atoms in total. The molecule has 1 heterocycles. The van der Waals surface area contributed by atoms with Crippen LogP contribution in [0.2, 0.25) is 0 Å². The van der Waals surface area contributed by atoms with E-state index in [9.17, 15) is 10.1 Å². The molecule has 5 rings (SSSR count). The molecule has 7 heteroatoms. The van der Waals surface area contributed by atoms with Crippen LogP contribution < -0.4 is 16.0 Å². The second-order valence-corrected chi connectivity index (χ2v) is 12.2. The van der Waals surface area contributed by atoms with Crippen molar-refractivity contribution in [1.29, 1.82) is 10.7 Å². The maximum Gasteiger partial charge on any atom is 0.251 e. The standard InChI is InChI=1S/C32H44N6O/c1-20(38-27(17-33)15-26-16-30(26)38)18-37-12-11-32(19-34)28-9-7-22(21(2)35-3)13-23(28)5-6-24-14-25(31(39)36-4)8-10-29(24)32/h8,10,14,19,22-23,26-28,30,34-35,37H,1-2,5-7,9,11-13,15-16,18H2,3-4H3,(H,36,39)/t22?,23-,26?,27?,28?,30-,32?/m0/s1. The van der Waals surface area contributed by atoms with E-state index in [4.69, 9.17) is 5.41 Å². The number of nitrogens with one attached hydrogen (secondary N) is 4. The van der Waals surface area contributed by atoms with Crippen molar-refractivity contribution in [2.45, 2.75) is 68.9 Å². The largest absolute Gasteiger partial charge is 0.392 e. The summed E-state index contributed by atoms with van der Waals surface area (Å²) >= 11 is 0. The molecule has 3 aliphatic carbocycles. The lowest BCUT2D eigenvalue weighted by Crippen LogP contribution is -2.45. The fraction of sp³-hybridized carbons (Fsp3) is 0.594. The van der Waals surface area contributed by atoms with Crippen LogP contribution in [0.4, 0.5) is 0 Å². The average molecular weight is 529 g/mol. The Morgan fingerprint density at radius 3 is 2.72 bits per heavy atom. The lowest BCUT2D eigenvalue weighted by Gasteiger charge is -2.46. The molecule has 1 saturated heterocycles. The van der Waals surface area contributed by atoms with E-state index in [1.54, 1.807) is 13.3 Å². The maximum absolute atomic E-state index is 12.5. The Hall–Kier alpha value is -3.11. The van der Waals surface area contributed by atoms with Gasteiger partial charge in [-0.1, -0.05) is 19.2 Å². The highest BCUT2D eigenvalue weighted by Gasteiger charge is 2.52. The number of piperidine rings is 1. The summed E-state index contributed by atoms with van der Waals surface area (Å²) in [5, 5.41) is 28.1. The Bertz CT molecular complexity index is 1190. The molecule has 3 fully saturated rings. The predicted molar refractivity (Wildman–Crippen MR) is 156 cm³/mol. The molecule has 1 amide bonds. The van der Waals surface area contributed by atoms with Gasteiger partial charge in [0.2, 0.25) is 0 Å². The van der Waals surface area contributed by atoms with Crippen molar-refractivity contribution in [2.75, 3.05) is 27.2 Å². The molecule has 39 heavy (non-hydrogen) atoms. The van der Waals surface area contributed by atoms with Gasteiger partial charge in [0.1, 0.15) is 6.04 Å². The van der Waals surface area contributed by atoms with Gasteiger partial charge >= 0.3 is 0 Å². The Labute approximate surface area is 233 Å². The molecule has 208 valence electrons. The number of fused-ring (bicyclic) bond motifs is 3. The number of hydrogen-bond acceptors (Lipinski definition) is 6. The molecule has 1 aliphatic heterocycles. The number of rotatable bonds is 10. The molecule has 4 N–H and O–H groups in total. The van der Waals surface area contributed by atoms with Gasteiger partial charge in [0.15, 0.2) is 0 Å². The third kappa shape index (κ3) is 5.00. The molecule has 0 bridgehead atoms. The number of allylic oxidation sites excluding steroid dienone is 1. The molecule has 1 aromatic carbocycles. The van der Waals surface area contributed by atoms with E-state index in [1.165, 1.54) is 17.5 Å². The normalized spacial score (nSPS) is 32.5. The number of carbonyl (C=O) groups is 1. The lowest BCUT2D eigenvalue weighted by molar-refractivity contribution is 0.0963. The predicted octanol–water partition coefficient (Wildman–Crippen LogP) is 4.13. The summed E-state index contributed by atoms with van der Waals surface area (Å²) in [6.45, 7) is 10.0. The molecule has 4 aliphatic rings. The minimum atomic E-state index is -0.386. The number of benzene rings is 1. The second kappa shape index (κ2) is 11.2. The average Bonchev–Trinajstić information content (AvgIpc) is 3.66. The van der Waals surface area contributed by atoms with Gasteiger partial charge in [0.25, 0.3) is 5.91 Å². The summed E-state index contributed by atoms with van der Waals surface area (Å²) in [5.74, 6) is 1.93. The van der Waals surface area contributed by atoms with E-state index in [-0.39, 0.29) is 17.4 Å². The van der Waals surface area contributed by atoms with Gasteiger partial charge in [-0.15, -0.1) is 0 Å². The number of carbonyl (C=O) groups excluding carboxylic acids is 1. The first kappa shape index (κ1) is 27.5. The van der Waals surface area contributed by atoms with Crippen LogP contribution in [0.3, 0.4) is 0 Å². The van der Waals surface area contributed by atoms with Gasteiger partial charge in [-0.2, -0.15) is 5.26 Å². The van der Waals surface area contributed by atoms with E-state index in [1.807, 2.05) is 13.1 Å². The molecular weight excluding hydrogens is 484 g/mol. The molecule has 7 atom stereocenters. The highest BCUT2D eigenvalue weighted by Crippen LogP contribution is 2.52. The summed E-state index contributed by atoms with van der Waals surface area (Å²) < 4.78 is 0. The van der Waals surface area contributed by atoms with Crippen LogP contribution in [0.15, 0.2) is 42.8 Å². The zero-order valence-corrected chi connectivity index (χ0v) is 23.6. The van der Waals surface area contributed by atoms with Crippen molar-refractivity contribution in [3.05, 3.63) is 59.4 Å². The van der Waals surface area contributed by atoms with Crippen LogP contribution in [-0.4, -0.2) is 56.3 Å². The zero-order chi connectivity index (χ0) is 27.7. The smallest absolute Gasteiger partial charge is 0.251 e. The van der Waals surface area contributed by atoms with Crippen LogP contribution in [0.1, 0.15) is 66.4 Å². The fourth-order valence-electron chi connectivity index (χ4n) is 8.09. The van der Waals surface area contributed by atoms with E-state index in [0.717, 1.165) is 62.9 Å². The molecule has 2 saturated carbocycles. The van der Waals surface area contributed by atoms with E-state index in [0.29, 0.717) is 41.8 Å². The Morgan fingerprint density at radius 2 is 2.00 bits per heavy atom. The summed E-state index contributed by atoms with van der Waals surface area (Å²) in [6.07, 6.45) is 9.93. The summed E-state index contributed by atoms with van der Waals surface area (Å²) in [7, 11) is 3.63. The van der Waals surface area contributed by atoms with Crippen LogP contribution in [0, 0.1) is 40.4 Å². The molecular formula is C32H44N6O. The van der Waals surface area contributed by atoms with Gasteiger partial charge < -0.3 is 26.3 Å². The third-order valence-electron chi connectivity index (χ3n) is 10.3. The first-order chi connectivity index (χ1) is 18.9. The van der Waals surface area contributed by atoms with E-state index >= 15 is 0 Å². The van der Waals surface area contributed by atoms with Gasteiger partial charge in [-0.3, -0.25) is 4.79 Å².